The van der Waals surface area contributed by atoms with Crippen molar-refractivity contribution >= 4 is 17.6 Å². The highest BCUT2D eigenvalue weighted by Gasteiger charge is 2.47. The number of carbonyl (C=O) groups excluding carboxylic acids is 2. The molecule has 2 rings (SSSR count). The van der Waals surface area contributed by atoms with E-state index in [1.807, 2.05) is 13.0 Å². The summed E-state index contributed by atoms with van der Waals surface area (Å²) in [4.78, 5) is 25.4. The molecule has 18 heavy (non-hydrogen) atoms. The van der Waals surface area contributed by atoms with Crippen LogP contribution in [0.5, 0.6) is 0 Å². The van der Waals surface area contributed by atoms with Gasteiger partial charge >= 0.3 is 6.03 Å². The van der Waals surface area contributed by atoms with Crippen LogP contribution in [0, 0.1) is 0 Å². The SMILES string of the molecule is CCC1(C)NC(=O)N(c2cccc(CN)c2)C1=O. The second-order valence-electron chi connectivity index (χ2n) is 4.63. The third kappa shape index (κ3) is 1.86. The predicted molar refractivity (Wildman–Crippen MR) is 69.0 cm³/mol. The summed E-state index contributed by atoms with van der Waals surface area (Å²) in [6.45, 7) is 3.99. The van der Waals surface area contributed by atoms with Crippen molar-refractivity contribution in [2.45, 2.75) is 32.4 Å². The number of urea groups is 1. The second-order valence-corrected chi connectivity index (χ2v) is 4.63. The third-order valence-electron chi connectivity index (χ3n) is 3.37. The van der Waals surface area contributed by atoms with Gasteiger partial charge in [-0.1, -0.05) is 19.1 Å². The Hall–Kier alpha value is -1.88. The number of carbonyl (C=O) groups is 2. The fourth-order valence-corrected chi connectivity index (χ4v) is 1.98. The van der Waals surface area contributed by atoms with Crippen LogP contribution in [0.4, 0.5) is 10.5 Å². The lowest BCUT2D eigenvalue weighted by molar-refractivity contribution is -0.121. The summed E-state index contributed by atoms with van der Waals surface area (Å²) in [5, 5.41) is 2.72. The third-order valence-corrected chi connectivity index (χ3v) is 3.37. The maximum atomic E-state index is 12.3. The molecule has 1 saturated heterocycles. The van der Waals surface area contributed by atoms with Gasteiger partial charge in [0.25, 0.3) is 5.91 Å². The quantitative estimate of drug-likeness (QED) is 0.792. The monoisotopic (exact) mass is 247 g/mol. The summed E-state index contributed by atoms with van der Waals surface area (Å²) in [5.41, 5.74) is 6.21. The van der Waals surface area contributed by atoms with E-state index in [0.29, 0.717) is 18.7 Å². The molecule has 1 heterocycles. The minimum atomic E-state index is -0.810. The molecule has 5 nitrogen and oxygen atoms in total. The van der Waals surface area contributed by atoms with Crippen LogP contribution in [-0.4, -0.2) is 17.5 Å². The Labute approximate surface area is 106 Å². The number of benzene rings is 1. The summed E-state index contributed by atoms with van der Waals surface area (Å²) in [6, 6.07) is 6.77. The fraction of sp³-hybridized carbons (Fsp3) is 0.385. The van der Waals surface area contributed by atoms with Crippen molar-refractivity contribution < 1.29 is 9.59 Å². The lowest BCUT2D eigenvalue weighted by Crippen LogP contribution is -2.43. The molecule has 96 valence electrons. The lowest BCUT2D eigenvalue weighted by atomic mass is 9.99. The molecular weight excluding hydrogens is 230 g/mol. The molecule has 5 heteroatoms. The van der Waals surface area contributed by atoms with Crippen molar-refractivity contribution in [1.29, 1.82) is 0 Å². The number of nitrogens with two attached hydrogens (primary N) is 1. The minimum Gasteiger partial charge on any atom is -0.326 e. The molecule has 0 spiro atoms. The highest BCUT2D eigenvalue weighted by molar-refractivity contribution is 6.23. The smallest absolute Gasteiger partial charge is 0.326 e. The molecule has 0 aliphatic carbocycles. The summed E-state index contributed by atoms with van der Waals surface area (Å²) in [6.07, 6.45) is 0.560. The summed E-state index contributed by atoms with van der Waals surface area (Å²) < 4.78 is 0. The number of nitrogens with zero attached hydrogens (tertiary/aromatic N) is 1. The Morgan fingerprint density at radius 3 is 2.67 bits per heavy atom. The zero-order valence-corrected chi connectivity index (χ0v) is 10.6. The van der Waals surface area contributed by atoms with Crippen LogP contribution in [0.15, 0.2) is 24.3 Å². The molecule has 3 amide bonds. The molecule has 1 unspecified atom stereocenters. The Bertz CT molecular complexity index is 501. The van der Waals surface area contributed by atoms with Crippen LogP contribution in [0.3, 0.4) is 0 Å². The van der Waals surface area contributed by atoms with Crippen LogP contribution in [-0.2, 0) is 11.3 Å². The van der Waals surface area contributed by atoms with E-state index in [0.717, 1.165) is 5.56 Å². The molecule has 0 saturated carbocycles. The van der Waals surface area contributed by atoms with E-state index in [1.54, 1.807) is 25.1 Å². The first-order valence-electron chi connectivity index (χ1n) is 5.97. The van der Waals surface area contributed by atoms with Crippen LogP contribution < -0.4 is 16.0 Å². The van der Waals surface area contributed by atoms with Gasteiger partial charge in [-0.2, -0.15) is 0 Å². The summed E-state index contributed by atoms with van der Waals surface area (Å²) in [7, 11) is 0. The van der Waals surface area contributed by atoms with Gasteiger partial charge in [0.05, 0.1) is 5.69 Å². The van der Waals surface area contributed by atoms with Crippen molar-refractivity contribution in [2.75, 3.05) is 4.90 Å². The standard InChI is InChI=1S/C13H17N3O2/c1-3-13(2)11(17)16(12(18)15-13)10-6-4-5-9(7-10)8-14/h4-7H,3,8,14H2,1-2H3,(H,15,18). The number of amides is 3. The number of rotatable bonds is 3. The highest BCUT2D eigenvalue weighted by Crippen LogP contribution is 2.27. The van der Waals surface area contributed by atoms with Crippen molar-refractivity contribution in [3.05, 3.63) is 29.8 Å². The van der Waals surface area contributed by atoms with Gasteiger partial charge < -0.3 is 11.1 Å². The molecule has 1 aromatic rings. The van der Waals surface area contributed by atoms with Crippen LogP contribution in [0.25, 0.3) is 0 Å². The lowest BCUT2D eigenvalue weighted by Gasteiger charge is -2.19. The van der Waals surface area contributed by atoms with Gasteiger partial charge in [0.2, 0.25) is 0 Å². The number of anilines is 1. The summed E-state index contributed by atoms with van der Waals surface area (Å²) in [5.74, 6) is -0.218. The van der Waals surface area contributed by atoms with Crippen molar-refractivity contribution in [1.82, 2.24) is 5.32 Å². The van der Waals surface area contributed by atoms with Gasteiger partial charge in [-0.05, 0) is 31.0 Å². The van der Waals surface area contributed by atoms with Crippen molar-refractivity contribution in [3.8, 4) is 0 Å². The van der Waals surface area contributed by atoms with E-state index in [2.05, 4.69) is 5.32 Å². The van der Waals surface area contributed by atoms with Gasteiger partial charge in [-0.25, -0.2) is 9.69 Å². The zero-order valence-electron chi connectivity index (χ0n) is 10.6. The first kappa shape index (κ1) is 12.6. The second kappa shape index (κ2) is 4.42. The minimum absolute atomic E-state index is 0.218. The highest BCUT2D eigenvalue weighted by atomic mass is 16.2. The largest absolute Gasteiger partial charge is 0.329 e. The van der Waals surface area contributed by atoms with Crippen molar-refractivity contribution in [2.24, 2.45) is 5.73 Å². The van der Waals surface area contributed by atoms with E-state index in [4.69, 9.17) is 5.73 Å². The normalized spacial score (nSPS) is 23.4. The first-order valence-corrected chi connectivity index (χ1v) is 5.97. The number of imide groups is 1. The molecular formula is C13H17N3O2. The fourth-order valence-electron chi connectivity index (χ4n) is 1.98. The van der Waals surface area contributed by atoms with Crippen LogP contribution in [0.2, 0.25) is 0 Å². The number of hydrogen-bond donors (Lipinski definition) is 2. The summed E-state index contributed by atoms with van der Waals surface area (Å²) >= 11 is 0. The Morgan fingerprint density at radius 1 is 1.39 bits per heavy atom. The maximum absolute atomic E-state index is 12.3. The van der Waals surface area contributed by atoms with Crippen LogP contribution in [0.1, 0.15) is 25.8 Å². The molecule has 1 aliphatic heterocycles. The molecule has 0 radical (unpaired) electrons. The first-order chi connectivity index (χ1) is 8.51. The topological polar surface area (TPSA) is 75.4 Å². The maximum Gasteiger partial charge on any atom is 0.329 e. The molecule has 1 aromatic carbocycles. The van der Waals surface area contributed by atoms with Crippen LogP contribution >= 0.6 is 0 Å². The molecule has 1 fully saturated rings. The van der Waals surface area contributed by atoms with Gasteiger partial charge in [-0.3, -0.25) is 4.79 Å². The van der Waals surface area contributed by atoms with E-state index in [9.17, 15) is 9.59 Å². The zero-order chi connectivity index (χ0) is 13.3. The van der Waals surface area contributed by atoms with E-state index < -0.39 is 5.54 Å². The predicted octanol–water partition coefficient (Wildman–Crippen LogP) is 1.37. The molecule has 1 aliphatic rings. The molecule has 1 atom stereocenters. The van der Waals surface area contributed by atoms with Gasteiger partial charge in [0.1, 0.15) is 5.54 Å². The Kier molecular flexibility index (Phi) is 3.09. The van der Waals surface area contributed by atoms with Gasteiger partial charge in [-0.15, -0.1) is 0 Å². The molecule has 3 N–H and O–H groups in total. The molecule has 0 bridgehead atoms. The number of hydrogen-bond acceptors (Lipinski definition) is 3. The van der Waals surface area contributed by atoms with Crippen molar-refractivity contribution in [3.63, 3.8) is 0 Å². The average Bonchev–Trinajstić information content (AvgIpc) is 2.61. The molecule has 0 aromatic heterocycles. The Balaban J connectivity index is 2.39. The van der Waals surface area contributed by atoms with Gasteiger partial charge in [0, 0.05) is 6.54 Å². The van der Waals surface area contributed by atoms with E-state index >= 15 is 0 Å². The number of nitrogens with one attached hydrogen (secondary N) is 1. The average molecular weight is 247 g/mol. The van der Waals surface area contributed by atoms with E-state index in [-0.39, 0.29) is 11.9 Å². The Morgan fingerprint density at radius 2 is 2.11 bits per heavy atom. The van der Waals surface area contributed by atoms with Gasteiger partial charge in [0.15, 0.2) is 0 Å². The van der Waals surface area contributed by atoms with E-state index in [1.165, 1.54) is 4.90 Å².